The zero-order valence-corrected chi connectivity index (χ0v) is 14.1. The highest BCUT2D eigenvalue weighted by atomic mass is 19.1. The number of likely N-dealkylation sites (N-methyl/N-ethyl adjacent to an activating group) is 1. The van der Waals surface area contributed by atoms with Gasteiger partial charge in [0.1, 0.15) is 0 Å². The van der Waals surface area contributed by atoms with Crippen molar-refractivity contribution >= 4 is 0 Å². The van der Waals surface area contributed by atoms with Gasteiger partial charge in [0.05, 0.1) is 7.11 Å². The molecule has 1 fully saturated rings. The minimum absolute atomic E-state index is 0.223. The van der Waals surface area contributed by atoms with Gasteiger partial charge in [-0.15, -0.1) is 0 Å². The smallest absolute Gasteiger partial charge is 0.168 e. The second kappa shape index (κ2) is 5.60. The van der Waals surface area contributed by atoms with E-state index in [1.807, 2.05) is 12.1 Å². The second-order valence-electron chi connectivity index (χ2n) is 7.22. The maximum atomic E-state index is 14.4. The average molecular weight is 293 g/mol. The van der Waals surface area contributed by atoms with E-state index in [0.717, 1.165) is 12.1 Å². The summed E-state index contributed by atoms with van der Waals surface area (Å²) in [5, 5.41) is 3.56. The van der Waals surface area contributed by atoms with Crippen molar-refractivity contribution in [3.8, 4) is 5.75 Å². The summed E-state index contributed by atoms with van der Waals surface area (Å²) in [5.74, 6) is 0.659. The van der Waals surface area contributed by atoms with Crippen molar-refractivity contribution in [2.75, 3.05) is 13.7 Å². The van der Waals surface area contributed by atoms with Crippen molar-refractivity contribution in [1.29, 1.82) is 0 Å². The van der Waals surface area contributed by atoms with Crippen LogP contribution in [0.25, 0.3) is 0 Å². The maximum Gasteiger partial charge on any atom is 0.168 e. The summed E-state index contributed by atoms with van der Waals surface area (Å²) in [6.45, 7) is 12.2. The minimum atomic E-state index is -0.223. The number of halogens is 1. The highest BCUT2D eigenvalue weighted by Crippen LogP contribution is 2.69. The van der Waals surface area contributed by atoms with Gasteiger partial charge in [-0.05, 0) is 41.3 Å². The zero-order valence-electron chi connectivity index (χ0n) is 14.1. The summed E-state index contributed by atoms with van der Waals surface area (Å²) < 4.78 is 19.5. The Balaban J connectivity index is 2.23. The molecular formula is C18H28FNO. The lowest BCUT2D eigenvalue weighted by Gasteiger charge is -2.21. The molecule has 2 rings (SSSR count). The highest BCUT2D eigenvalue weighted by molar-refractivity contribution is 5.32. The van der Waals surface area contributed by atoms with Gasteiger partial charge < -0.3 is 10.1 Å². The molecule has 0 bridgehead atoms. The molecule has 118 valence electrons. The molecule has 0 aliphatic heterocycles. The summed E-state index contributed by atoms with van der Waals surface area (Å²) in [6.07, 6.45) is 0.703. The molecule has 1 saturated carbocycles. The normalized spacial score (nSPS) is 21.1. The van der Waals surface area contributed by atoms with Crippen LogP contribution in [0.4, 0.5) is 4.39 Å². The standard InChI is InChI=1S/C18H28FNO/c1-7-20-13(16-17(2,3)18(16,4)5)11-12-9-8-10-14(21-6)15(12)19/h8-10,13,16,20H,7,11H2,1-6H3. The van der Waals surface area contributed by atoms with Crippen LogP contribution >= 0.6 is 0 Å². The van der Waals surface area contributed by atoms with Crippen LogP contribution in [0.1, 0.15) is 40.2 Å². The summed E-state index contributed by atoms with van der Waals surface area (Å²) in [7, 11) is 1.51. The predicted octanol–water partition coefficient (Wildman–Crippen LogP) is 4.04. The molecule has 0 amide bonds. The fourth-order valence-electron chi connectivity index (χ4n) is 3.93. The maximum absolute atomic E-state index is 14.4. The SMILES string of the molecule is CCNC(Cc1cccc(OC)c1F)C1C(C)(C)C1(C)C. The van der Waals surface area contributed by atoms with Gasteiger partial charge in [-0.1, -0.05) is 46.8 Å². The van der Waals surface area contributed by atoms with Crippen LogP contribution in [0.3, 0.4) is 0 Å². The van der Waals surface area contributed by atoms with Crippen LogP contribution < -0.4 is 10.1 Å². The van der Waals surface area contributed by atoms with Crippen molar-refractivity contribution in [2.24, 2.45) is 16.7 Å². The number of methoxy groups -OCH3 is 1. The van der Waals surface area contributed by atoms with Crippen LogP contribution in [0.2, 0.25) is 0 Å². The number of rotatable bonds is 6. The molecule has 1 atom stereocenters. The van der Waals surface area contributed by atoms with E-state index in [0.29, 0.717) is 24.1 Å². The second-order valence-corrected chi connectivity index (χ2v) is 7.22. The Morgan fingerprint density at radius 2 is 1.86 bits per heavy atom. The molecule has 1 unspecified atom stereocenters. The number of ether oxygens (including phenoxy) is 1. The molecule has 0 saturated heterocycles. The van der Waals surface area contributed by atoms with E-state index in [1.165, 1.54) is 7.11 Å². The van der Waals surface area contributed by atoms with Gasteiger partial charge in [-0.3, -0.25) is 0 Å². The molecule has 1 aromatic rings. The van der Waals surface area contributed by atoms with Crippen molar-refractivity contribution in [2.45, 2.75) is 47.1 Å². The van der Waals surface area contributed by atoms with E-state index in [4.69, 9.17) is 4.74 Å². The van der Waals surface area contributed by atoms with Crippen molar-refractivity contribution < 1.29 is 9.13 Å². The molecular weight excluding hydrogens is 265 g/mol. The Hall–Kier alpha value is -1.09. The number of nitrogens with one attached hydrogen (secondary N) is 1. The van der Waals surface area contributed by atoms with Crippen molar-refractivity contribution in [3.63, 3.8) is 0 Å². The van der Waals surface area contributed by atoms with Crippen LogP contribution in [0, 0.1) is 22.6 Å². The Morgan fingerprint density at radius 3 is 2.33 bits per heavy atom. The van der Waals surface area contributed by atoms with E-state index < -0.39 is 0 Å². The molecule has 0 radical (unpaired) electrons. The van der Waals surface area contributed by atoms with Crippen molar-refractivity contribution in [1.82, 2.24) is 5.32 Å². The summed E-state index contributed by atoms with van der Waals surface area (Å²) in [4.78, 5) is 0. The first-order valence-corrected chi connectivity index (χ1v) is 7.82. The molecule has 0 aromatic heterocycles. The first kappa shape index (κ1) is 16.3. The molecule has 0 heterocycles. The van der Waals surface area contributed by atoms with Gasteiger partial charge in [-0.2, -0.15) is 0 Å². The third kappa shape index (κ3) is 2.68. The van der Waals surface area contributed by atoms with E-state index in [2.05, 4.69) is 39.9 Å². The lowest BCUT2D eigenvalue weighted by Crippen LogP contribution is -2.35. The van der Waals surface area contributed by atoms with Crippen molar-refractivity contribution in [3.05, 3.63) is 29.6 Å². The Bertz CT molecular complexity index is 496. The van der Waals surface area contributed by atoms with Gasteiger partial charge in [0.15, 0.2) is 11.6 Å². The van der Waals surface area contributed by atoms with Crippen LogP contribution in [0.5, 0.6) is 5.75 Å². The summed E-state index contributed by atoms with van der Waals surface area (Å²) in [6, 6.07) is 5.70. The topological polar surface area (TPSA) is 21.3 Å². The highest BCUT2D eigenvalue weighted by Gasteiger charge is 2.66. The van der Waals surface area contributed by atoms with Gasteiger partial charge >= 0.3 is 0 Å². The minimum Gasteiger partial charge on any atom is -0.494 e. The van der Waals surface area contributed by atoms with E-state index in [9.17, 15) is 4.39 Å². The quantitative estimate of drug-likeness (QED) is 0.855. The monoisotopic (exact) mass is 293 g/mol. The lowest BCUT2D eigenvalue weighted by atomic mass is 9.96. The average Bonchev–Trinajstić information content (AvgIpc) is 2.81. The first-order chi connectivity index (χ1) is 9.77. The molecule has 0 spiro atoms. The third-order valence-electron chi connectivity index (χ3n) is 5.70. The number of hydrogen-bond donors (Lipinski definition) is 1. The number of benzene rings is 1. The molecule has 1 aliphatic rings. The van der Waals surface area contributed by atoms with Gasteiger partial charge in [-0.25, -0.2) is 4.39 Å². The van der Waals surface area contributed by atoms with Gasteiger partial charge in [0.2, 0.25) is 0 Å². The third-order valence-corrected chi connectivity index (χ3v) is 5.70. The summed E-state index contributed by atoms with van der Waals surface area (Å²) >= 11 is 0. The Kier molecular flexibility index (Phi) is 4.34. The molecule has 1 aliphatic carbocycles. The Morgan fingerprint density at radius 1 is 1.24 bits per heavy atom. The predicted molar refractivity (Wildman–Crippen MR) is 85.2 cm³/mol. The van der Waals surface area contributed by atoms with Gasteiger partial charge in [0, 0.05) is 6.04 Å². The molecule has 3 heteroatoms. The lowest BCUT2D eigenvalue weighted by molar-refractivity contribution is 0.373. The van der Waals surface area contributed by atoms with E-state index in [-0.39, 0.29) is 16.6 Å². The Labute approximate surface area is 128 Å². The summed E-state index contributed by atoms with van der Waals surface area (Å²) in [5.41, 5.74) is 1.31. The van der Waals surface area contributed by atoms with Crippen LogP contribution in [-0.2, 0) is 6.42 Å². The molecule has 1 aromatic carbocycles. The first-order valence-electron chi connectivity index (χ1n) is 7.82. The fourth-order valence-corrected chi connectivity index (χ4v) is 3.93. The molecule has 2 nitrogen and oxygen atoms in total. The number of hydrogen-bond acceptors (Lipinski definition) is 2. The zero-order chi connectivity index (χ0) is 15.8. The molecule has 21 heavy (non-hydrogen) atoms. The van der Waals surface area contributed by atoms with E-state index in [1.54, 1.807) is 6.07 Å². The fraction of sp³-hybridized carbons (Fsp3) is 0.667. The largest absolute Gasteiger partial charge is 0.494 e. The van der Waals surface area contributed by atoms with E-state index >= 15 is 0 Å². The van der Waals surface area contributed by atoms with Crippen LogP contribution in [0.15, 0.2) is 18.2 Å². The molecule has 1 N–H and O–H groups in total. The van der Waals surface area contributed by atoms with Crippen LogP contribution in [-0.4, -0.2) is 19.7 Å². The van der Waals surface area contributed by atoms with Gasteiger partial charge in [0.25, 0.3) is 0 Å².